The van der Waals surface area contributed by atoms with Crippen molar-refractivity contribution in [3.8, 4) is 0 Å². The molecule has 0 aromatic heterocycles. The standard InChI is InChI=1S/C41H78O4/c1-3-5-7-9-10-11-12-13-14-15-16-17-18-19-20-21-22-27-30-34-38-41(44)45-39(35-31-8-6-4-2)36-32-28-25-23-24-26-29-33-37-40(42)43/h13-14,39H,3-12,15-38H2,1-2H3,(H,42,43)/b14-13-. The lowest BCUT2D eigenvalue weighted by Crippen LogP contribution is -2.18. The van der Waals surface area contributed by atoms with Crippen LogP contribution in [0.2, 0.25) is 0 Å². The van der Waals surface area contributed by atoms with E-state index in [-0.39, 0.29) is 12.1 Å². The normalized spacial score (nSPS) is 12.2. The fraction of sp³-hybridized carbons (Fsp3) is 0.902. The summed E-state index contributed by atoms with van der Waals surface area (Å²) < 4.78 is 5.97. The summed E-state index contributed by atoms with van der Waals surface area (Å²) in [6, 6.07) is 0. The maximum Gasteiger partial charge on any atom is 0.306 e. The Balaban J connectivity index is 3.71. The topological polar surface area (TPSA) is 63.6 Å². The van der Waals surface area contributed by atoms with Gasteiger partial charge in [0.05, 0.1) is 0 Å². The maximum absolute atomic E-state index is 12.6. The Kier molecular flexibility index (Phi) is 36.1. The number of aliphatic carboxylic acids is 1. The van der Waals surface area contributed by atoms with Gasteiger partial charge in [-0.15, -0.1) is 0 Å². The minimum absolute atomic E-state index is 0.0223. The van der Waals surface area contributed by atoms with Crippen molar-refractivity contribution in [1.82, 2.24) is 0 Å². The number of carboxylic acid groups (broad SMARTS) is 1. The lowest BCUT2D eigenvalue weighted by atomic mass is 10.0. The molecule has 0 bridgehead atoms. The number of carbonyl (C=O) groups excluding carboxylic acids is 1. The minimum Gasteiger partial charge on any atom is -0.481 e. The molecule has 0 rings (SSSR count). The van der Waals surface area contributed by atoms with Crippen LogP contribution >= 0.6 is 0 Å². The quantitative estimate of drug-likeness (QED) is 0.0419. The average Bonchev–Trinajstić information content (AvgIpc) is 3.02. The zero-order chi connectivity index (χ0) is 32.9. The highest BCUT2D eigenvalue weighted by Crippen LogP contribution is 2.19. The van der Waals surface area contributed by atoms with Crippen LogP contribution in [-0.4, -0.2) is 23.1 Å². The molecule has 0 radical (unpaired) electrons. The molecule has 1 atom stereocenters. The highest BCUT2D eigenvalue weighted by Gasteiger charge is 2.14. The molecule has 0 aliphatic rings. The smallest absolute Gasteiger partial charge is 0.306 e. The van der Waals surface area contributed by atoms with Crippen molar-refractivity contribution in [1.29, 1.82) is 0 Å². The maximum atomic E-state index is 12.6. The van der Waals surface area contributed by atoms with Crippen LogP contribution < -0.4 is 0 Å². The van der Waals surface area contributed by atoms with E-state index < -0.39 is 5.97 Å². The molecular weight excluding hydrogens is 556 g/mol. The van der Waals surface area contributed by atoms with Gasteiger partial charge in [0.2, 0.25) is 0 Å². The van der Waals surface area contributed by atoms with Crippen molar-refractivity contribution in [2.45, 2.75) is 238 Å². The number of allylic oxidation sites excluding steroid dienone is 2. The van der Waals surface area contributed by atoms with E-state index in [9.17, 15) is 9.59 Å². The third kappa shape index (κ3) is 37.0. The van der Waals surface area contributed by atoms with Crippen LogP contribution in [0.1, 0.15) is 232 Å². The molecule has 1 N–H and O–H groups in total. The zero-order valence-corrected chi connectivity index (χ0v) is 30.4. The lowest BCUT2D eigenvalue weighted by Gasteiger charge is -2.18. The molecule has 4 nitrogen and oxygen atoms in total. The van der Waals surface area contributed by atoms with Gasteiger partial charge in [-0.2, -0.15) is 0 Å². The summed E-state index contributed by atoms with van der Waals surface area (Å²) >= 11 is 0. The molecule has 0 aliphatic carbocycles. The third-order valence-electron chi connectivity index (χ3n) is 9.24. The van der Waals surface area contributed by atoms with Gasteiger partial charge in [0.25, 0.3) is 0 Å². The summed E-state index contributed by atoms with van der Waals surface area (Å²) in [7, 11) is 0. The van der Waals surface area contributed by atoms with E-state index in [0.717, 1.165) is 51.4 Å². The number of carbonyl (C=O) groups is 2. The van der Waals surface area contributed by atoms with Crippen LogP contribution in [0.5, 0.6) is 0 Å². The number of unbranched alkanes of at least 4 members (excludes halogenated alkanes) is 26. The second kappa shape index (κ2) is 37.1. The summed E-state index contributed by atoms with van der Waals surface area (Å²) in [4.78, 5) is 23.2. The molecule has 0 heterocycles. The van der Waals surface area contributed by atoms with E-state index in [2.05, 4.69) is 26.0 Å². The monoisotopic (exact) mass is 635 g/mol. The largest absolute Gasteiger partial charge is 0.481 e. The van der Waals surface area contributed by atoms with Gasteiger partial charge in [-0.1, -0.05) is 167 Å². The third-order valence-corrected chi connectivity index (χ3v) is 9.24. The molecule has 266 valence electrons. The van der Waals surface area contributed by atoms with Crippen LogP contribution in [0.25, 0.3) is 0 Å². The van der Waals surface area contributed by atoms with Gasteiger partial charge in [0.1, 0.15) is 6.10 Å². The lowest BCUT2D eigenvalue weighted by molar-refractivity contribution is -0.150. The summed E-state index contributed by atoms with van der Waals surface area (Å²) in [5.41, 5.74) is 0. The van der Waals surface area contributed by atoms with Gasteiger partial charge in [-0.05, 0) is 64.2 Å². The molecule has 0 amide bonds. The van der Waals surface area contributed by atoms with E-state index in [0.29, 0.717) is 12.8 Å². The number of ether oxygens (including phenoxy) is 1. The Morgan fingerprint density at radius 1 is 0.467 bits per heavy atom. The van der Waals surface area contributed by atoms with E-state index in [1.807, 2.05) is 0 Å². The highest BCUT2D eigenvalue weighted by atomic mass is 16.5. The van der Waals surface area contributed by atoms with Crippen molar-refractivity contribution in [3.63, 3.8) is 0 Å². The second-order valence-electron chi connectivity index (χ2n) is 13.8. The number of rotatable bonds is 37. The predicted octanol–water partition coefficient (Wildman–Crippen LogP) is 13.8. The van der Waals surface area contributed by atoms with Crippen molar-refractivity contribution in [2.24, 2.45) is 0 Å². The van der Waals surface area contributed by atoms with Crippen molar-refractivity contribution in [2.75, 3.05) is 0 Å². The summed E-state index contributed by atoms with van der Waals surface area (Å²) in [6.07, 6.45) is 45.5. The molecule has 0 fully saturated rings. The van der Waals surface area contributed by atoms with Gasteiger partial charge in [-0.25, -0.2) is 0 Å². The van der Waals surface area contributed by atoms with Gasteiger partial charge < -0.3 is 9.84 Å². The predicted molar refractivity (Wildman–Crippen MR) is 195 cm³/mol. The molecule has 0 aromatic carbocycles. The Morgan fingerprint density at radius 2 is 0.800 bits per heavy atom. The first-order chi connectivity index (χ1) is 22.1. The average molecular weight is 635 g/mol. The first-order valence-corrected chi connectivity index (χ1v) is 20.2. The highest BCUT2D eigenvalue weighted by molar-refractivity contribution is 5.69. The van der Waals surface area contributed by atoms with E-state index in [4.69, 9.17) is 9.84 Å². The van der Waals surface area contributed by atoms with Gasteiger partial charge in [-0.3, -0.25) is 9.59 Å². The van der Waals surface area contributed by atoms with Gasteiger partial charge >= 0.3 is 11.9 Å². The Labute approximate surface area is 281 Å². The minimum atomic E-state index is -0.681. The Hall–Kier alpha value is -1.32. The molecular formula is C41H78O4. The van der Waals surface area contributed by atoms with Gasteiger partial charge in [0.15, 0.2) is 0 Å². The van der Waals surface area contributed by atoms with E-state index in [1.54, 1.807) is 0 Å². The summed E-state index contributed by atoms with van der Waals surface area (Å²) in [5.74, 6) is -0.659. The van der Waals surface area contributed by atoms with Crippen LogP contribution in [0, 0.1) is 0 Å². The van der Waals surface area contributed by atoms with Crippen molar-refractivity contribution < 1.29 is 19.4 Å². The van der Waals surface area contributed by atoms with E-state index >= 15 is 0 Å². The molecule has 1 unspecified atom stereocenters. The molecule has 0 aromatic rings. The number of carboxylic acids is 1. The van der Waals surface area contributed by atoms with Crippen molar-refractivity contribution >= 4 is 11.9 Å². The molecule has 0 spiro atoms. The summed E-state index contributed by atoms with van der Waals surface area (Å²) in [6.45, 7) is 4.52. The second-order valence-corrected chi connectivity index (χ2v) is 13.8. The molecule has 45 heavy (non-hydrogen) atoms. The Morgan fingerprint density at radius 3 is 1.22 bits per heavy atom. The summed E-state index contributed by atoms with van der Waals surface area (Å²) in [5, 5.41) is 8.72. The van der Waals surface area contributed by atoms with Crippen LogP contribution in [-0.2, 0) is 14.3 Å². The van der Waals surface area contributed by atoms with Crippen LogP contribution in [0.4, 0.5) is 0 Å². The number of hydrogen-bond donors (Lipinski definition) is 1. The van der Waals surface area contributed by atoms with Crippen molar-refractivity contribution in [3.05, 3.63) is 12.2 Å². The van der Waals surface area contributed by atoms with Crippen LogP contribution in [0.15, 0.2) is 12.2 Å². The molecule has 0 saturated carbocycles. The fourth-order valence-corrected chi connectivity index (χ4v) is 6.24. The first kappa shape index (κ1) is 43.7. The number of hydrogen-bond acceptors (Lipinski definition) is 3. The van der Waals surface area contributed by atoms with E-state index in [1.165, 1.54) is 154 Å². The Bertz CT molecular complexity index is 643. The number of esters is 1. The van der Waals surface area contributed by atoms with Crippen LogP contribution in [0.3, 0.4) is 0 Å². The fourth-order valence-electron chi connectivity index (χ4n) is 6.24. The first-order valence-electron chi connectivity index (χ1n) is 20.2. The molecule has 0 aliphatic heterocycles. The zero-order valence-electron chi connectivity index (χ0n) is 30.4. The molecule has 4 heteroatoms. The molecule has 0 saturated heterocycles. The SMILES string of the molecule is CCCCCCCC/C=C\CCCCCCCCCCCCC(=O)OC(CCCCCC)CCCCCCCCCCC(=O)O. The van der Waals surface area contributed by atoms with Gasteiger partial charge in [0, 0.05) is 12.8 Å².